The van der Waals surface area contributed by atoms with Crippen molar-refractivity contribution in [3.63, 3.8) is 0 Å². The first-order chi connectivity index (χ1) is 7.24. The molecule has 4 heteroatoms. The minimum absolute atomic E-state index is 0.153. The van der Waals surface area contributed by atoms with Crippen LogP contribution in [0.2, 0.25) is 0 Å². The molecule has 88 valence electrons. The molecule has 3 N–H and O–H groups in total. The van der Waals surface area contributed by atoms with E-state index < -0.39 is 0 Å². The largest absolute Gasteiger partial charge is 0.393 e. The lowest BCUT2D eigenvalue weighted by atomic mass is 9.97. The van der Waals surface area contributed by atoms with Crippen LogP contribution in [0.3, 0.4) is 0 Å². The van der Waals surface area contributed by atoms with Gasteiger partial charge in [0.15, 0.2) is 0 Å². The zero-order valence-corrected chi connectivity index (χ0v) is 9.46. The highest BCUT2D eigenvalue weighted by molar-refractivity contribution is 5.78. The Morgan fingerprint density at radius 1 is 1.53 bits per heavy atom. The molecule has 0 aliphatic carbocycles. The minimum Gasteiger partial charge on any atom is -0.393 e. The smallest absolute Gasteiger partial charge is 0.223 e. The Hall–Kier alpha value is -0.610. The summed E-state index contributed by atoms with van der Waals surface area (Å²) >= 11 is 0. The van der Waals surface area contributed by atoms with E-state index in [0.717, 1.165) is 32.4 Å². The molecule has 1 atom stereocenters. The number of piperidine rings is 1. The van der Waals surface area contributed by atoms with Gasteiger partial charge in [0.2, 0.25) is 5.91 Å². The van der Waals surface area contributed by atoms with E-state index in [1.807, 2.05) is 6.92 Å². The highest BCUT2D eigenvalue weighted by Gasteiger charge is 2.20. The van der Waals surface area contributed by atoms with Crippen LogP contribution in [0.5, 0.6) is 0 Å². The molecule has 1 unspecified atom stereocenters. The maximum atomic E-state index is 11.6. The van der Waals surface area contributed by atoms with Gasteiger partial charge in [-0.3, -0.25) is 4.79 Å². The van der Waals surface area contributed by atoms with Gasteiger partial charge in [0, 0.05) is 12.5 Å². The second-order valence-electron chi connectivity index (χ2n) is 4.17. The molecule has 0 aromatic rings. The molecule has 0 spiro atoms. The van der Waals surface area contributed by atoms with Crippen LogP contribution in [0, 0.1) is 5.92 Å². The summed E-state index contributed by atoms with van der Waals surface area (Å²) in [6.07, 6.45) is 3.00. The fraction of sp³-hybridized carbons (Fsp3) is 0.909. The standard InChI is InChI=1S/C11H22N2O2/c1-2-10(14)5-8-13-11(15)9-3-6-12-7-4-9/h9-10,12,14H,2-8H2,1H3,(H,13,15). The van der Waals surface area contributed by atoms with E-state index in [2.05, 4.69) is 10.6 Å². The number of nitrogens with one attached hydrogen (secondary N) is 2. The van der Waals surface area contributed by atoms with E-state index in [0.29, 0.717) is 13.0 Å². The van der Waals surface area contributed by atoms with Gasteiger partial charge in [-0.15, -0.1) is 0 Å². The van der Waals surface area contributed by atoms with Gasteiger partial charge in [0.05, 0.1) is 6.10 Å². The third-order valence-electron chi connectivity index (χ3n) is 2.96. The van der Waals surface area contributed by atoms with Crippen LogP contribution < -0.4 is 10.6 Å². The molecule has 15 heavy (non-hydrogen) atoms. The first-order valence-corrected chi connectivity index (χ1v) is 5.90. The summed E-state index contributed by atoms with van der Waals surface area (Å²) in [7, 11) is 0. The third-order valence-corrected chi connectivity index (χ3v) is 2.96. The minimum atomic E-state index is -0.279. The highest BCUT2D eigenvalue weighted by atomic mass is 16.3. The quantitative estimate of drug-likeness (QED) is 0.615. The number of carbonyl (C=O) groups excluding carboxylic acids is 1. The van der Waals surface area contributed by atoms with Gasteiger partial charge in [-0.2, -0.15) is 0 Å². The van der Waals surface area contributed by atoms with Gasteiger partial charge >= 0.3 is 0 Å². The van der Waals surface area contributed by atoms with Gasteiger partial charge in [-0.25, -0.2) is 0 Å². The summed E-state index contributed by atoms with van der Waals surface area (Å²) in [5.41, 5.74) is 0. The number of amides is 1. The van der Waals surface area contributed by atoms with Crippen molar-refractivity contribution in [1.29, 1.82) is 0 Å². The Bertz CT molecular complexity index is 191. The van der Waals surface area contributed by atoms with E-state index in [9.17, 15) is 9.90 Å². The van der Waals surface area contributed by atoms with Gasteiger partial charge in [0.25, 0.3) is 0 Å². The van der Waals surface area contributed by atoms with Crippen molar-refractivity contribution in [2.24, 2.45) is 5.92 Å². The second-order valence-corrected chi connectivity index (χ2v) is 4.17. The van der Waals surface area contributed by atoms with Crippen molar-refractivity contribution in [2.45, 2.75) is 38.7 Å². The van der Waals surface area contributed by atoms with E-state index in [1.165, 1.54) is 0 Å². The topological polar surface area (TPSA) is 61.4 Å². The molecule has 0 aromatic heterocycles. The lowest BCUT2D eigenvalue weighted by molar-refractivity contribution is -0.125. The molecule has 4 nitrogen and oxygen atoms in total. The lowest BCUT2D eigenvalue weighted by Gasteiger charge is -2.22. The summed E-state index contributed by atoms with van der Waals surface area (Å²) in [6.45, 7) is 4.42. The zero-order valence-electron chi connectivity index (χ0n) is 9.46. The number of hydrogen-bond donors (Lipinski definition) is 3. The van der Waals surface area contributed by atoms with Gasteiger partial charge in [0.1, 0.15) is 0 Å². The maximum Gasteiger partial charge on any atom is 0.223 e. The molecule has 1 saturated heterocycles. The van der Waals surface area contributed by atoms with Crippen molar-refractivity contribution in [3.8, 4) is 0 Å². The summed E-state index contributed by atoms with van der Waals surface area (Å²) in [5, 5.41) is 15.4. The molecule has 1 heterocycles. The Kier molecular flexibility index (Phi) is 5.65. The number of aliphatic hydroxyl groups is 1. The number of carbonyl (C=O) groups is 1. The first-order valence-electron chi connectivity index (χ1n) is 5.90. The molecule has 0 bridgehead atoms. The molecular formula is C11H22N2O2. The Morgan fingerprint density at radius 2 is 2.20 bits per heavy atom. The molecular weight excluding hydrogens is 192 g/mol. The monoisotopic (exact) mass is 214 g/mol. The van der Waals surface area contributed by atoms with Crippen LogP contribution in [0.1, 0.15) is 32.6 Å². The molecule has 1 amide bonds. The average molecular weight is 214 g/mol. The van der Waals surface area contributed by atoms with Crippen LogP contribution >= 0.6 is 0 Å². The van der Waals surface area contributed by atoms with Crippen LogP contribution in [0.15, 0.2) is 0 Å². The predicted octanol–water partition coefficient (Wildman–Crippen LogP) is 0.263. The molecule has 1 fully saturated rings. The van der Waals surface area contributed by atoms with Gasteiger partial charge in [-0.1, -0.05) is 6.92 Å². The Morgan fingerprint density at radius 3 is 2.80 bits per heavy atom. The fourth-order valence-corrected chi connectivity index (χ4v) is 1.79. The summed E-state index contributed by atoms with van der Waals surface area (Å²) in [6, 6.07) is 0. The number of rotatable bonds is 5. The van der Waals surface area contributed by atoms with Crippen molar-refractivity contribution >= 4 is 5.91 Å². The number of aliphatic hydroxyl groups excluding tert-OH is 1. The molecule has 0 saturated carbocycles. The molecule has 1 rings (SSSR count). The Balaban J connectivity index is 2.12. The lowest BCUT2D eigenvalue weighted by Crippen LogP contribution is -2.39. The van der Waals surface area contributed by atoms with E-state index in [1.54, 1.807) is 0 Å². The summed E-state index contributed by atoms with van der Waals surface area (Å²) in [4.78, 5) is 11.6. The summed E-state index contributed by atoms with van der Waals surface area (Å²) in [5.74, 6) is 0.324. The van der Waals surface area contributed by atoms with Gasteiger partial charge in [-0.05, 0) is 38.8 Å². The SMILES string of the molecule is CCC(O)CCNC(=O)C1CCNCC1. The second kappa shape index (κ2) is 6.80. The van der Waals surface area contributed by atoms with Gasteiger partial charge < -0.3 is 15.7 Å². The molecule has 0 radical (unpaired) electrons. The van der Waals surface area contributed by atoms with Crippen molar-refractivity contribution in [1.82, 2.24) is 10.6 Å². The average Bonchev–Trinajstić information content (AvgIpc) is 2.29. The fourth-order valence-electron chi connectivity index (χ4n) is 1.79. The molecule has 1 aliphatic heterocycles. The van der Waals surface area contributed by atoms with Crippen LogP contribution in [-0.4, -0.2) is 36.8 Å². The van der Waals surface area contributed by atoms with Crippen molar-refractivity contribution in [2.75, 3.05) is 19.6 Å². The zero-order chi connectivity index (χ0) is 11.1. The molecule has 1 aliphatic rings. The van der Waals surface area contributed by atoms with Crippen molar-refractivity contribution < 1.29 is 9.90 Å². The van der Waals surface area contributed by atoms with E-state index in [4.69, 9.17) is 0 Å². The van der Waals surface area contributed by atoms with Crippen LogP contribution in [0.4, 0.5) is 0 Å². The van der Waals surface area contributed by atoms with E-state index in [-0.39, 0.29) is 17.9 Å². The van der Waals surface area contributed by atoms with Crippen LogP contribution in [-0.2, 0) is 4.79 Å². The Labute approximate surface area is 91.4 Å². The maximum absolute atomic E-state index is 11.6. The predicted molar refractivity (Wildman–Crippen MR) is 59.5 cm³/mol. The van der Waals surface area contributed by atoms with Crippen LogP contribution in [0.25, 0.3) is 0 Å². The third kappa shape index (κ3) is 4.62. The summed E-state index contributed by atoms with van der Waals surface area (Å²) < 4.78 is 0. The highest BCUT2D eigenvalue weighted by Crippen LogP contribution is 2.11. The molecule has 0 aromatic carbocycles. The normalized spacial score (nSPS) is 19.9. The van der Waals surface area contributed by atoms with Crippen molar-refractivity contribution in [3.05, 3.63) is 0 Å². The van der Waals surface area contributed by atoms with E-state index >= 15 is 0 Å². The first kappa shape index (κ1) is 12.5. The number of hydrogen-bond acceptors (Lipinski definition) is 3.